The van der Waals surface area contributed by atoms with Crippen LogP contribution in [0.1, 0.15) is 59.1 Å². The smallest absolute Gasteiger partial charge is 0.261 e. The molecule has 1 saturated carbocycles. The number of nitrogens with one attached hydrogen (secondary N) is 2. The summed E-state index contributed by atoms with van der Waals surface area (Å²) in [5.41, 5.74) is 2.20. The zero-order valence-electron chi connectivity index (χ0n) is 15.5. The number of nitrogens with zero attached hydrogens (tertiary/aromatic N) is 2. The fraction of sp³-hybridized carbons (Fsp3) is 0.400. The van der Waals surface area contributed by atoms with Gasteiger partial charge in [-0.15, -0.1) is 11.3 Å². The summed E-state index contributed by atoms with van der Waals surface area (Å²) in [7, 11) is 1.61. The number of fused-ring (bicyclic) bond motifs is 1. The van der Waals surface area contributed by atoms with Crippen LogP contribution in [0.3, 0.4) is 0 Å². The van der Waals surface area contributed by atoms with E-state index < -0.39 is 0 Å². The maximum absolute atomic E-state index is 13.2. The van der Waals surface area contributed by atoms with Gasteiger partial charge in [0.2, 0.25) is 0 Å². The van der Waals surface area contributed by atoms with Crippen molar-refractivity contribution in [2.24, 2.45) is 5.41 Å². The van der Waals surface area contributed by atoms with Crippen molar-refractivity contribution in [1.82, 2.24) is 20.3 Å². The largest absolute Gasteiger partial charge is 0.354 e. The van der Waals surface area contributed by atoms with Crippen LogP contribution < -0.4 is 5.32 Å². The van der Waals surface area contributed by atoms with E-state index in [2.05, 4.69) is 22.2 Å². The first-order valence-electron chi connectivity index (χ1n) is 9.23. The van der Waals surface area contributed by atoms with E-state index in [1.165, 1.54) is 17.8 Å². The van der Waals surface area contributed by atoms with Crippen LogP contribution in [0, 0.1) is 5.41 Å². The third kappa shape index (κ3) is 3.16. The molecule has 1 amide bonds. The first-order valence-corrected chi connectivity index (χ1v) is 10.0. The summed E-state index contributed by atoms with van der Waals surface area (Å²) in [6.45, 7) is 2.07. The Morgan fingerprint density at radius 2 is 2.00 bits per heavy atom. The van der Waals surface area contributed by atoms with Crippen molar-refractivity contribution >= 4 is 34.2 Å². The standard InChI is InChI=1S/C20H22N4O2S/c1-20(8-4-3-5-9-20)17(25)12-10-22-18-16(12)24-13(11-23-18)14-6-7-15(27-14)19(26)21-2/h6-7,10-11H,3-5,8-9H2,1-2H3,(H,21,26)(H,22,23). The van der Waals surface area contributed by atoms with Crippen LogP contribution in [0.5, 0.6) is 0 Å². The van der Waals surface area contributed by atoms with Crippen LogP contribution in [0.2, 0.25) is 0 Å². The Morgan fingerprint density at radius 3 is 2.74 bits per heavy atom. The fourth-order valence-electron chi connectivity index (χ4n) is 3.79. The molecule has 7 heteroatoms. The summed E-state index contributed by atoms with van der Waals surface area (Å²) >= 11 is 1.36. The molecule has 1 aliphatic rings. The third-order valence-electron chi connectivity index (χ3n) is 5.44. The molecule has 0 radical (unpaired) electrons. The first kappa shape index (κ1) is 17.9. The molecule has 140 valence electrons. The predicted octanol–water partition coefficient (Wildman–Crippen LogP) is 4.20. The highest BCUT2D eigenvalue weighted by molar-refractivity contribution is 7.17. The van der Waals surface area contributed by atoms with E-state index in [9.17, 15) is 9.59 Å². The number of amides is 1. The summed E-state index contributed by atoms with van der Waals surface area (Å²) in [6.07, 6.45) is 8.65. The monoisotopic (exact) mass is 382 g/mol. The molecular weight excluding hydrogens is 360 g/mol. The molecule has 0 bridgehead atoms. The van der Waals surface area contributed by atoms with Gasteiger partial charge in [-0.05, 0) is 25.0 Å². The van der Waals surface area contributed by atoms with Gasteiger partial charge in [0.05, 0.1) is 27.2 Å². The average Bonchev–Trinajstić information content (AvgIpc) is 3.34. The molecular formula is C20H22N4O2S. The van der Waals surface area contributed by atoms with Crippen molar-refractivity contribution in [2.45, 2.75) is 39.0 Å². The maximum Gasteiger partial charge on any atom is 0.261 e. The number of carbonyl (C=O) groups is 2. The summed E-state index contributed by atoms with van der Waals surface area (Å²) in [4.78, 5) is 38.7. The summed E-state index contributed by atoms with van der Waals surface area (Å²) < 4.78 is 0. The molecule has 6 nitrogen and oxygen atoms in total. The van der Waals surface area contributed by atoms with Gasteiger partial charge in [-0.3, -0.25) is 9.59 Å². The number of aromatic amines is 1. The fourth-order valence-corrected chi connectivity index (χ4v) is 4.70. The number of Topliss-reactive ketones (excluding diaryl/α,β-unsaturated/α-hetero) is 1. The summed E-state index contributed by atoms with van der Waals surface area (Å²) in [5.74, 6) is 0.0279. The van der Waals surface area contributed by atoms with Crippen molar-refractivity contribution < 1.29 is 9.59 Å². The molecule has 0 aromatic carbocycles. The topological polar surface area (TPSA) is 87.7 Å². The molecule has 0 saturated heterocycles. The zero-order valence-corrected chi connectivity index (χ0v) is 16.3. The molecule has 27 heavy (non-hydrogen) atoms. The highest BCUT2D eigenvalue weighted by Crippen LogP contribution is 2.39. The van der Waals surface area contributed by atoms with E-state index in [0.717, 1.165) is 30.6 Å². The number of hydrogen-bond acceptors (Lipinski definition) is 5. The SMILES string of the molecule is CNC(=O)c1ccc(-c2cnc3[nH]cc(C(=O)C4(C)CCCCC4)c3n2)s1. The molecule has 2 N–H and O–H groups in total. The number of rotatable bonds is 4. The van der Waals surface area contributed by atoms with Gasteiger partial charge in [-0.1, -0.05) is 26.2 Å². The lowest BCUT2D eigenvalue weighted by atomic mass is 9.71. The lowest BCUT2D eigenvalue weighted by molar-refractivity contribution is 0.0751. The van der Waals surface area contributed by atoms with Gasteiger partial charge in [0.25, 0.3) is 5.91 Å². The molecule has 0 aliphatic heterocycles. The zero-order chi connectivity index (χ0) is 19.0. The molecule has 1 aliphatic carbocycles. The van der Waals surface area contributed by atoms with Crippen LogP contribution in [-0.4, -0.2) is 33.7 Å². The summed E-state index contributed by atoms with van der Waals surface area (Å²) in [5, 5.41) is 2.62. The normalized spacial score (nSPS) is 16.4. The van der Waals surface area contributed by atoms with Crippen LogP contribution in [0.25, 0.3) is 21.7 Å². The van der Waals surface area contributed by atoms with Gasteiger partial charge in [0.15, 0.2) is 11.4 Å². The number of hydrogen-bond donors (Lipinski definition) is 2. The molecule has 3 heterocycles. The predicted molar refractivity (Wildman–Crippen MR) is 106 cm³/mol. The number of H-pyrrole nitrogens is 1. The Balaban J connectivity index is 1.72. The molecule has 4 rings (SSSR count). The van der Waals surface area contributed by atoms with Crippen LogP contribution in [0.15, 0.2) is 24.5 Å². The van der Waals surface area contributed by atoms with E-state index in [-0.39, 0.29) is 17.1 Å². The van der Waals surface area contributed by atoms with Gasteiger partial charge in [-0.25, -0.2) is 9.97 Å². The maximum atomic E-state index is 13.2. The minimum absolute atomic E-state index is 0.122. The quantitative estimate of drug-likeness (QED) is 0.662. The van der Waals surface area contributed by atoms with Gasteiger partial charge in [-0.2, -0.15) is 0 Å². The Morgan fingerprint density at radius 1 is 1.22 bits per heavy atom. The number of thiophene rings is 1. The van der Waals surface area contributed by atoms with Crippen LogP contribution in [0.4, 0.5) is 0 Å². The molecule has 0 unspecified atom stereocenters. The Bertz CT molecular complexity index is 1010. The Hall–Kier alpha value is -2.54. The van der Waals surface area contributed by atoms with Crippen molar-refractivity contribution in [3.63, 3.8) is 0 Å². The third-order valence-corrected chi connectivity index (χ3v) is 6.55. The van der Waals surface area contributed by atoms with Gasteiger partial charge in [0, 0.05) is 18.7 Å². The van der Waals surface area contributed by atoms with E-state index >= 15 is 0 Å². The van der Waals surface area contributed by atoms with Crippen molar-refractivity contribution in [3.8, 4) is 10.6 Å². The van der Waals surface area contributed by atoms with E-state index in [0.29, 0.717) is 27.3 Å². The van der Waals surface area contributed by atoms with Crippen molar-refractivity contribution in [2.75, 3.05) is 7.05 Å². The Kier molecular flexibility index (Phi) is 4.55. The highest BCUT2D eigenvalue weighted by atomic mass is 32.1. The highest BCUT2D eigenvalue weighted by Gasteiger charge is 2.36. The van der Waals surface area contributed by atoms with Crippen molar-refractivity contribution in [3.05, 3.63) is 35.0 Å². The number of carbonyl (C=O) groups excluding carboxylic acids is 2. The van der Waals surface area contributed by atoms with E-state index in [4.69, 9.17) is 4.98 Å². The molecule has 3 aromatic rings. The lowest BCUT2D eigenvalue weighted by Gasteiger charge is -2.31. The second-order valence-corrected chi connectivity index (χ2v) is 8.43. The minimum Gasteiger partial charge on any atom is -0.354 e. The number of aromatic nitrogens is 3. The minimum atomic E-state index is -0.319. The van der Waals surface area contributed by atoms with Crippen LogP contribution in [-0.2, 0) is 0 Å². The van der Waals surface area contributed by atoms with Gasteiger partial charge < -0.3 is 10.3 Å². The average molecular weight is 382 g/mol. The Labute approximate surface area is 161 Å². The molecule has 0 spiro atoms. The van der Waals surface area contributed by atoms with Crippen molar-refractivity contribution in [1.29, 1.82) is 0 Å². The second kappa shape index (κ2) is 6.88. The lowest BCUT2D eigenvalue weighted by Crippen LogP contribution is -2.30. The van der Waals surface area contributed by atoms with E-state index in [1.54, 1.807) is 25.5 Å². The van der Waals surface area contributed by atoms with Crippen LogP contribution >= 0.6 is 11.3 Å². The first-order chi connectivity index (χ1) is 13.0. The summed E-state index contributed by atoms with van der Waals surface area (Å²) in [6, 6.07) is 3.64. The molecule has 3 aromatic heterocycles. The van der Waals surface area contributed by atoms with E-state index in [1.807, 2.05) is 6.07 Å². The van der Waals surface area contributed by atoms with Gasteiger partial charge >= 0.3 is 0 Å². The number of ketones is 1. The second-order valence-electron chi connectivity index (χ2n) is 7.35. The van der Waals surface area contributed by atoms with Gasteiger partial charge in [0.1, 0.15) is 5.52 Å². The molecule has 1 fully saturated rings. The molecule has 0 atom stereocenters.